The van der Waals surface area contributed by atoms with Gasteiger partial charge in [-0.25, -0.2) is 4.99 Å². The number of aliphatic imine (C=N–C) groups is 1. The fourth-order valence-electron chi connectivity index (χ4n) is 3.39. The molecule has 0 saturated carbocycles. The van der Waals surface area contributed by atoms with Crippen LogP contribution < -0.4 is 19.5 Å². The Hall–Kier alpha value is -3.20. The molecule has 1 atom stereocenters. The molecule has 1 aliphatic heterocycles. The van der Waals surface area contributed by atoms with Crippen LogP contribution in [0, 0.1) is 0 Å². The summed E-state index contributed by atoms with van der Waals surface area (Å²) in [6, 6.07) is 12.9. The Balaban J connectivity index is 1.84. The number of hydrogen-bond donors (Lipinski definition) is 1. The molecule has 2 aromatic rings. The molecule has 3 rings (SSSR count). The highest BCUT2D eigenvalue weighted by Crippen LogP contribution is 2.31. The highest BCUT2D eigenvalue weighted by molar-refractivity contribution is 8.15. The molecular weight excluding hydrogens is 442 g/mol. The van der Waals surface area contributed by atoms with Crippen LogP contribution in [-0.4, -0.2) is 61.6 Å². The molecule has 0 spiro atoms. The van der Waals surface area contributed by atoms with Gasteiger partial charge >= 0.3 is 0 Å². The summed E-state index contributed by atoms with van der Waals surface area (Å²) in [5.74, 6) is 1.72. The smallest absolute Gasteiger partial charge is 0.234 e. The van der Waals surface area contributed by atoms with Crippen LogP contribution in [0.2, 0.25) is 0 Å². The van der Waals surface area contributed by atoms with Crippen molar-refractivity contribution in [2.75, 3.05) is 34.4 Å². The zero-order valence-electron chi connectivity index (χ0n) is 19.3. The number of ether oxygens (including phenoxy) is 3. The highest BCUT2D eigenvalue weighted by atomic mass is 32.2. The standard InChI is InChI=1S/C24H29N3O5S/c1-5-25-23(29)21-15-22(28)27(13-12-16-6-11-19(31-3)20(14-16)32-4)24(33-21)26-17-7-9-18(30-2)10-8-17/h6-11,14,21H,5,12-13,15H2,1-4H3,(H,25,29). The average molecular weight is 472 g/mol. The summed E-state index contributed by atoms with van der Waals surface area (Å²) >= 11 is 1.31. The summed E-state index contributed by atoms with van der Waals surface area (Å²) in [5, 5.41) is 2.80. The lowest BCUT2D eigenvalue weighted by Gasteiger charge is -2.31. The molecule has 1 fully saturated rings. The summed E-state index contributed by atoms with van der Waals surface area (Å²) in [5.41, 5.74) is 1.68. The molecule has 1 unspecified atom stereocenters. The van der Waals surface area contributed by atoms with E-state index in [-0.39, 0.29) is 18.2 Å². The van der Waals surface area contributed by atoms with E-state index in [0.29, 0.717) is 41.9 Å². The van der Waals surface area contributed by atoms with Gasteiger partial charge in [-0.05, 0) is 55.3 Å². The second-order valence-electron chi connectivity index (χ2n) is 7.28. The maximum atomic E-state index is 13.0. The van der Waals surface area contributed by atoms with Crippen molar-refractivity contribution in [1.82, 2.24) is 10.2 Å². The van der Waals surface area contributed by atoms with E-state index in [1.807, 2.05) is 49.4 Å². The van der Waals surface area contributed by atoms with Gasteiger partial charge in [0.25, 0.3) is 0 Å². The topological polar surface area (TPSA) is 89.5 Å². The Labute approximate surface area is 198 Å². The Morgan fingerprint density at radius 2 is 1.82 bits per heavy atom. The third-order valence-corrected chi connectivity index (χ3v) is 6.34. The lowest BCUT2D eigenvalue weighted by atomic mass is 10.1. The number of amides is 2. The lowest BCUT2D eigenvalue weighted by molar-refractivity contribution is -0.130. The van der Waals surface area contributed by atoms with Crippen LogP contribution in [0.3, 0.4) is 0 Å². The SMILES string of the molecule is CCNC(=O)C1CC(=O)N(CCc2ccc(OC)c(OC)c2)C(=Nc2ccc(OC)cc2)S1. The predicted molar refractivity (Wildman–Crippen MR) is 130 cm³/mol. The number of hydrogen-bond acceptors (Lipinski definition) is 7. The van der Waals surface area contributed by atoms with Gasteiger partial charge in [0.15, 0.2) is 16.7 Å². The summed E-state index contributed by atoms with van der Waals surface area (Å²) in [6.07, 6.45) is 0.726. The highest BCUT2D eigenvalue weighted by Gasteiger charge is 2.35. The Kier molecular flexibility index (Phi) is 8.59. The van der Waals surface area contributed by atoms with Crippen molar-refractivity contribution in [3.05, 3.63) is 48.0 Å². The largest absolute Gasteiger partial charge is 0.497 e. The van der Waals surface area contributed by atoms with Crippen molar-refractivity contribution < 1.29 is 23.8 Å². The molecule has 0 aromatic heterocycles. The Bertz CT molecular complexity index is 1010. The van der Waals surface area contributed by atoms with Gasteiger partial charge < -0.3 is 19.5 Å². The third kappa shape index (κ3) is 6.19. The van der Waals surface area contributed by atoms with Crippen LogP contribution in [0.25, 0.3) is 0 Å². The molecule has 176 valence electrons. The van der Waals surface area contributed by atoms with E-state index < -0.39 is 5.25 Å². The van der Waals surface area contributed by atoms with Crippen LogP contribution in [0.4, 0.5) is 5.69 Å². The Morgan fingerprint density at radius 1 is 1.09 bits per heavy atom. The first kappa shape index (κ1) is 24.4. The fourth-order valence-corrected chi connectivity index (χ4v) is 4.54. The number of nitrogens with zero attached hydrogens (tertiary/aromatic N) is 2. The van der Waals surface area contributed by atoms with Crippen molar-refractivity contribution in [1.29, 1.82) is 0 Å². The molecule has 1 heterocycles. The molecule has 2 aromatic carbocycles. The minimum atomic E-state index is -0.508. The number of nitrogens with one attached hydrogen (secondary N) is 1. The van der Waals surface area contributed by atoms with Crippen LogP contribution in [0.1, 0.15) is 18.9 Å². The van der Waals surface area contributed by atoms with E-state index in [0.717, 1.165) is 11.3 Å². The van der Waals surface area contributed by atoms with Crippen molar-refractivity contribution >= 4 is 34.4 Å². The maximum absolute atomic E-state index is 13.0. The van der Waals surface area contributed by atoms with Crippen LogP contribution in [0.15, 0.2) is 47.5 Å². The van der Waals surface area contributed by atoms with E-state index in [4.69, 9.17) is 19.2 Å². The minimum Gasteiger partial charge on any atom is -0.497 e. The molecule has 1 N–H and O–H groups in total. The van der Waals surface area contributed by atoms with Crippen molar-refractivity contribution in [3.8, 4) is 17.2 Å². The van der Waals surface area contributed by atoms with Crippen LogP contribution >= 0.6 is 11.8 Å². The third-order valence-electron chi connectivity index (χ3n) is 5.15. The minimum absolute atomic E-state index is 0.127. The number of thioether (sulfide) groups is 1. The van der Waals surface area contributed by atoms with Crippen molar-refractivity contribution in [3.63, 3.8) is 0 Å². The van der Waals surface area contributed by atoms with Gasteiger partial charge in [-0.1, -0.05) is 17.8 Å². The molecule has 1 aliphatic rings. The van der Waals surface area contributed by atoms with Gasteiger partial charge in [-0.3, -0.25) is 14.5 Å². The van der Waals surface area contributed by atoms with Gasteiger partial charge in [0.1, 0.15) is 5.75 Å². The quantitative estimate of drug-likeness (QED) is 0.603. The number of carbonyl (C=O) groups excluding carboxylic acids is 2. The van der Waals surface area contributed by atoms with E-state index in [1.54, 1.807) is 26.2 Å². The molecule has 0 bridgehead atoms. The summed E-state index contributed by atoms with van der Waals surface area (Å²) in [6.45, 7) is 2.80. The van der Waals surface area contributed by atoms with Crippen LogP contribution in [0.5, 0.6) is 17.2 Å². The first-order chi connectivity index (χ1) is 16.0. The van der Waals surface area contributed by atoms with Crippen molar-refractivity contribution in [2.24, 2.45) is 4.99 Å². The molecule has 9 heteroatoms. The first-order valence-corrected chi connectivity index (χ1v) is 11.5. The summed E-state index contributed by atoms with van der Waals surface area (Å²) in [7, 11) is 4.78. The molecule has 8 nitrogen and oxygen atoms in total. The van der Waals surface area contributed by atoms with E-state index >= 15 is 0 Å². The van der Waals surface area contributed by atoms with Crippen LogP contribution in [-0.2, 0) is 16.0 Å². The summed E-state index contributed by atoms with van der Waals surface area (Å²) < 4.78 is 15.9. The number of rotatable bonds is 9. The zero-order valence-corrected chi connectivity index (χ0v) is 20.1. The normalized spacial score (nSPS) is 17.1. The van der Waals surface area contributed by atoms with E-state index in [1.165, 1.54) is 11.8 Å². The van der Waals surface area contributed by atoms with Gasteiger partial charge in [-0.2, -0.15) is 0 Å². The number of methoxy groups -OCH3 is 3. The van der Waals surface area contributed by atoms with E-state index in [9.17, 15) is 9.59 Å². The predicted octanol–water partition coefficient (Wildman–Crippen LogP) is 3.41. The second-order valence-corrected chi connectivity index (χ2v) is 8.45. The molecule has 2 amide bonds. The molecule has 33 heavy (non-hydrogen) atoms. The number of benzene rings is 2. The molecule has 0 radical (unpaired) electrons. The second kappa shape index (κ2) is 11.6. The van der Waals surface area contributed by atoms with Gasteiger partial charge in [-0.15, -0.1) is 0 Å². The first-order valence-electron chi connectivity index (χ1n) is 10.7. The Morgan fingerprint density at radius 3 is 2.45 bits per heavy atom. The molecule has 1 saturated heterocycles. The number of carbonyl (C=O) groups is 2. The average Bonchev–Trinajstić information content (AvgIpc) is 2.83. The van der Waals surface area contributed by atoms with Crippen molar-refractivity contribution in [2.45, 2.75) is 25.0 Å². The van der Waals surface area contributed by atoms with Gasteiger partial charge in [0, 0.05) is 19.5 Å². The van der Waals surface area contributed by atoms with E-state index in [2.05, 4.69) is 5.32 Å². The monoisotopic (exact) mass is 471 g/mol. The fraction of sp³-hybridized carbons (Fsp3) is 0.375. The van der Waals surface area contributed by atoms with Gasteiger partial charge in [0.05, 0.1) is 32.3 Å². The summed E-state index contributed by atoms with van der Waals surface area (Å²) in [4.78, 5) is 31.8. The zero-order chi connectivity index (χ0) is 23.8. The maximum Gasteiger partial charge on any atom is 0.234 e. The lowest BCUT2D eigenvalue weighted by Crippen LogP contribution is -2.47. The number of amidine groups is 1. The molecule has 0 aliphatic carbocycles. The molecular formula is C24H29N3O5S. The van der Waals surface area contributed by atoms with Gasteiger partial charge in [0.2, 0.25) is 11.8 Å².